The van der Waals surface area contributed by atoms with Crippen LogP contribution in [0.4, 0.5) is 0 Å². The third kappa shape index (κ3) is 2.85. The first-order valence-corrected chi connectivity index (χ1v) is 5.82. The Morgan fingerprint density at radius 3 is 2.82 bits per heavy atom. The number of hydrogen-bond donors (Lipinski definition) is 2. The highest BCUT2D eigenvalue weighted by Gasteiger charge is 2.42. The number of carbonyl (C=O) groups excluding carboxylic acids is 2. The summed E-state index contributed by atoms with van der Waals surface area (Å²) in [5.74, 6) is -0.123. The summed E-state index contributed by atoms with van der Waals surface area (Å²) in [6, 6.07) is -0.542. The number of nitrogens with zero attached hydrogens (tertiary/aromatic N) is 1. The minimum Gasteiger partial charge on any atom is -0.359 e. The largest absolute Gasteiger partial charge is 0.359 e. The Morgan fingerprint density at radius 2 is 2.29 bits per heavy atom. The molecule has 0 spiro atoms. The van der Waals surface area contributed by atoms with Crippen molar-refractivity contribution >= 4 is 11.8 Å². The molecular weight excluding hydrogens is 218 g/mol. The van der Waals surface area contributed by atoms with Gasteiger partial charge in [0.05, 0.1) is 11.5 Å². The van der Waals surface area contributed by atoms with E-state index in [1.807, 2.05) is 6.92 Å². The Hall–Kier alpha value is -1.36. The van der Waals surface area contributed by atoms with E-state index in [1.54, 1.807) is 18.0 Å². The topological polar surface area (TPSA) is 75.4 Å². The van der Waals surface area contributed by atoms with Crippen LogP contribution >= 0.6 is 0 Å². The first kappa shape index (κ1) is 13.7. The Labute approximate surface area is 102 Å². The maximum atomic E-state index is 12.0. The van der Waals surface area contributed by atoms with E-state index in [-0.39, 0.29) is 11.8 Å². The van der Waals surface area contributed by atoms with Gasteiger partial charge in [-0.15, -0.1) is 6.58 Å². The van der Waals surface area contributed by atoms with Gasteiger partial charge in [-0.1, -0.05) is 6.08 Å². The molecule has 17 heavy (non-hydrogen) atoms. The summed E-state index contributed by atoms with van der Waals surface area (Å²) < 4.78 is 0. The Kier molecular flexibility index (Phi) is 4.28. The number of likely N-dealkylation sites (tertiary alicyclic amines) is 1. The highest BCUT2D eigenvalue weighted by molar-refractivity contribution is 5.86. The quantitative estimate of drug-likeness (QED) is 0.671. The monoisotopic (exact) mass is 239 g/mol. The van der Waals surface area contributed by atoms with Gasteiger partial charge in [-0.3, -0.25) is 9.59 Å². The molecule has 5 nitrogen and oxygen atoms in total. The van der Waals surface area contributed by atoms with Gasteiger partial charge >= 0.3 is 0 Å². The van der Waals surface area contributed by atoms with Crippen molar-refractivity contribution in [2.45, 2.75) is 25.8 Å². The lowest BCUT2D eigenvalue weighted by molar-refractivity contribution is -0.133. The maximum Gasteiger partial charge on any atom is 0.239 e. The van der Waals surface area contributed by atoms with Crippen molar-refractivity contribution < 1.29 is 9.59 Å². The van der Waals surface area contributed by atoms with Gasteiger partial charge in [-0.2, -0.15) is 0 Å². The molecule has 1 aliphatic heterocycles. The second-order valence-corrected chi connectivity index (χ2v) is 4.78. The smallest absolute Gasteiger partial charge is 0.239 e. The zero-order valence-corrected chi connectivity index (χ0v) is 10.5. The molecule has 0 aliphatic carbocycles. The number of nitrogens with two attached hydrogens (primary N) is 1. The fourth-order valence-electron chi connectivity index (χ4n) is 2.15. The van der Waals surface area contributed by atoms with E-state index in [4.69, 9.17) is 5.73 Å². The van der Waals surface area contributed by atoms with Gasteiger partial charge in [0.2, 0.25) is 11.8 Å². The average Bonchev–Trinajstić information content (AvgIpc) is 2.71. The molecule has 1 aliphatic rings. The average molecular weight is 239 g/mol. The SMILES string of the molecule is C=CCC(N)C(=O)N1CCC(C)(C(=O)NC)C1. The molecule has 1 heterocycles. The molecule has 0 radical (unpaired) electrons. The summed E-state index contributed by atoms with van der Waals surface area (Å²) in [5.41, 5.74) is 5.25. The van der Waals surface area contributed by atoms with Crippen LogP contribution < -0.4 is 11.1 Å². The maximum absolute atomic E-state index is 12.0. The first-order chi connectivity index (χ1) is 7.94. The third-order valence-electron chi connectivity index (χ3n) is 3.30. The molecule has 3 N–H and O–H groups in total. The standard InChI is InChI=1S/C12H21N3O2/c1-4-5-9(13)10(16)15-7-6-12(2,8-15)11(17)14-3/h4,9H,1,5-8,13H2,2-3H3,(H,14,17). The third-order valence-corrected chi connectivity index (χ3v) is 3.30. The zero-order valence-electron chi connectivity index (χ0n) is 10.5. The predicted molar refractivity (Wildman–Crippen MR) is 66.2 cm³/mol. The van der Waals surface area contributed by atoms with Crippen LogP contribution in [0.15, 0.2) is 12.7 Å². The highest BCUT2D eigenvalue weighted by Crippen LogP contribution is 2.30. The lowest BCUT2D eigenvalue weighted by Gasteiger charge is -2.24. The summed E-state index contributed by atoms with van der Waals surface area (Å²) >= 11 is 0. The van der Waals surface area contributed by atoms with E-state index in [2.05, 4.69) is 11.9 Å². The lowest BCUT2D eigenvalue weighted by atomic mass is 9.89. The number of amides is 2. The summed E-state index contributed by atoms with van der Waals surface area (Å²) in [5, 5.41) is 2.64. The molecule has 0 aromatic rings. The van der Waals surface area contributed by atoms with Gasteiger partial charge in [-0.05, 0) is 19.8 Å². The molecule has 0 aromatic carbocycles. The van der Waals surface area contributed by atoms with Gasteiger partial charge in [-0.25, -0.2) is 0 Å². The van der Waals surface area contributed by atoms with Gasteiger partial charge in [0.15, 0.2) is 0 Å². The molecule has 2 unspecified atom stereocenters. The van der Waals surface area contributed by atoms with Crippen LogP contribution in [-0.4, -0.2) is 42.9 Å². The lowest BCUT2D eigenvalue weighted by Crippen LogP contribution is -2.45. The molecule has 1 fully saturated rings. The van der Waals surface area contributed by atoms with Crippen LogP contribution in [-0.2, 0) is 9.59 Å². The fraction of sp³-hybridized carbons (Fsp3) is 0.667. The minimum atomic E-state index is -0.542. The van der Waals surface area contributed by atoms with E-state index in [0.29, 0.717) is 25.9 Å². The summed E-state index contributed by atoms with van der Waals surface area (Å²) in [6.45, 7) is 6.47. The van der Waals surface area contributed by atoms with Crippen molar-refractivity contribution in [3.63, 3.8) is 0 Å². The molecule has 2 amide bonds. The molecule has 2 atom stereocenters. The van der Waals surface area contributed by atoms with Crippen molar-refractivity contribution in [3.8, 4) is 0 Å². The number of rotatable bonds is 4. The summed E-state index contributed by atoms with van der Waals surface area (Å²) in [6.07, 6.45) is 2.78. The van der Waals surface area contributed by atoms with Gasteiger partial charge < -0.3 is 16.0 Å². The van der Waals surface area contributed by atoms with Crippen molar-refractivity contribution in [1.82, 2.24) is 10.2 Å². The van der Waals surface area contributed by atoms with E-state index in [9.17, 15) is 9.59 Å². The van der Waals surface area contributed by atoms with E-state index in [0.717, 1.165) is 0 Å². The fourth-order valence-corrected chi connectivity index (χ4v) is 2.15. The number of carbonyl (C=O) groups is 2. The Morgan fingerprint density at radius 1 is 1.65 bits per heavy atom. The van der Waals surface area contributed by atoms with Gasteiger partial charge in [0.25, 0.3) is 0 Å². The van der Waals surface area contributed by atoms with E-state index < -0.39 is 11.5 Å². The van der Waals surface area contributed by atoms with Crippen molar-refractivity contribution in [3.05, 3.63) is 12.7 Å². The predicted octanol–water partition coefficient (Wildman–Crippen LogP) is -0.126. The van der Waals surface area contributed by atoms with Crippen LogP contribution in [0.1, 0.15) is 19.8 Å². The van der Waals surface area contributed by atoms with Crippen LogP contribution in [0.3, 0.4) is 0 Å². The number of nitrogens with one attached hydrogen (secondary N) is 1. The molecule has 0 bridgehead atoms. The molecule has 96 valence electrons. The van der Waals surface area contributed by atoms with Crippen LogP contribution in [0.5, 0.6) is 0 Å². The van der Waals surface area contributed by atoms with Crippen molar-refractivity contribution in [2.24, 2.45) is 11.1 Å². The molecule has 1 rings (SSSR count). The molecule has 0 aromatic heterocycles. The normalized spacial score (nSPS) is 25.5. The Balaban J connectivity index is 2.64. The number of hydrogen-bond acceptors (Lipinski definition) is 3. The zero-order chi connectivity index (χ0) is 13.1. The molecule has 5 heteroatoms. The highest BCUT2D eigenvalue weighted by atomic mass is 16.2. The van der Waals surface area contributed by atoms with Crippen LogP contribution in [0.25, 0.3) is 0 Å². The van der Waals surface area contributed by atoms with Crippen molar-refractivity contribution in [1.29, 1.82) is 0 Å². The van der Waals surface area contributed by atoms with E-state index >= 15 is 0 Å². The second-order valence-electron chi connectivity index (χ2n) is 4.78. The van der Waals surface area contributed by atoms with Crippen LogP contribution in [0, 0.1) is 5.41 Å². The summed E-state index contributed by atoms with van der Waals surface area (Å²) in [4.78, 5) is 25.3. The molecular formula is C12H21N3O2. The Bertz CT molecular complexity index is 330. The minimum absolute atomic E-state index is 0.0231. The molecule has 1 saturated heterocycles. The van der Waals surface area contributed by atoms with Crippen molar-refractivity contribution in [2.75, 3.05) is 20.1 Å². The van der Waals surface area contributed by atoms with Crippen LogP contribution in [0.2, 0.25) is 0 Å². The van der Waals surface area contributed by atoms with Gasteiger partial charge in [0.1, 0.15) is 0 Å². The second kappa shape index (κ2) is 5.31. The first-order valence-electron chi connectivity index (χ1n) is 5.82. The summed E-state index contributed by atoms with van der Waals surface area (Å²) in [7, 11) is 1.61. The van der Waals surface area contributed by atoms with Gasteiger partial charge in [0, 0.05) is 20.1 Å². The molecule has 0 saturated carbocycles. The van der Waals surface area contributed by atoms with E-state index in [1.165, 1.54) is 0 Å².